The van der Waals surface area contributed by atoms with Gasteiger partial charge in [-0.05, 0) is 70.2 Å². The largest absolute Gasteiger partial charge is 0.542 e. The Morgan fingerprint density at radius 2 is 1.68 bits per heavy atom. The summed E-state index contributed by atoms with van der Waals surface area (Å²) >= 11 is 0. The van der Waals surface area contributed by atoms with Crippen molar-refractivity contribution in [3.8, 4) is 11.5 Å². The van der Waals surface area contributed by atoms with Gasteiger partial charge in [-0.3, -0.25) is 9.36 Å². The van der Waals surface area contributed by atoms with Gasteiger partial charge in [-0.1, -0.05) is 0 Å². The molecule has 10 nitrogen and oxygen atoms in total. The number of hydrogen-bond donors (Lipinski definition) is 1. The molecule has 5 aliphatic rings. The second-order valence-corrected chi connectivity index (χ2v) is 15.0. The van der Waals surface area contributed by atoms with Crippen LogP contribution in [0.5, 0.6) is 11.5 Å². The Hall–Kier alpha value is -3.41. The summed E-state index contributed by atoms with van der Waals surface area (Å²) in [5.41, 5.74) is 7.25. The molecule has 0 aromatic heterocycles. The lowest BCUT2D eigenvalue weighted by Crippen LogP contribution is -2.45. The number of aliphatic carboxylic acids is 2. The first-order valence-electron chi connectivity index (χ1n) is 16.2. The smallest absolute Gasteiger partial charge is 0.430 e. The van der Waals surface area contributed by atoms with E-state index in [1.807, 2.05) is 6.92 Å². The highest BCUT2D eigenvalue weighted by molar-refractivity contribution is 7.67. The predicted octanol–water partition coefficient (Wildman–Crippen LogP) is 2.97. The molecule has 254 valence electrons. The molecule has 2 aromatic rings. The summed E-state index contributed by atoms with van der Waals surface area (Å²) in [5.74, 6) is -2.25. The maximum Gasteiger partial charge on any atom is 0.430 e. The standard InChI is InChI=1S/C31H38N3O5P.C2HF3O2/c1-3-38-40(37,32(2)17-12-26(35)36)31-24-18-20-8-4-13-33-15-6-10-22(27(20)33)29(24)39-30-23-11-7-16-34-14-5-9-21(28(23)34)19-25(30)31;3-2(4,5)1(6)7/h18-19H,3-17H2,1-2H3;(H,6,7). The van der Waals surface area contributed by atoms with E-state index >= 15 is 4.57 Å². The maximum absolute atomic E-state index is 15.3. The Morgan fingerprint density at radius 1 is 1.04 bits per heavy atom. The van der Waals surface area contributed by atoms with Crippen LogP contribution in [-0.4, -0.2) is 74.3 Å². The molecule has 0 saturated carbocycles. The Labute approximate surface area is 270 Å². The lowest BCUT2D eigenvalue weighted by molar-refractivity contribution is -0.344. The molecule has 0 bridgehead atoms. The highest BCUT2D eigenvalue weighted by atomic mass is 31.2. The van der Waals surface area contributed by atoms with Crippen LogP contribution in [0, 0.1) is 0 Å². The predicted molar refractivity (Wildman–Crippen MR) is 166 cm³/mol. The number of alkyl halides is 3. The summed E-state index contributed by atoms with van der Waals surface area (Å²) in [4.78, 5) is 22.8. The number of carboxylic acid groups (broad SMARTS) is 2. The van der Waals surface area contributed by atoms with Crippen LogP contribution in [0.15, 0.2) is 12.1 Å². The number of carbonyl (C=O) groups is 2. The third kappa shape index (κ3) is 6.06. The molecule has 47 heavy (non-hydrogen) atoms. The summed E-state index contributed by atoms with van der Waals surface area (Å²) in [7, 11) is -1.91. The van der Waals surface area contributed by atoms with Crippen LogP contribution in [0.3, 0.4) is 0 Å². The van der Waals surface area contributed by atoms with Crippen molar-refractivity contribution in [3.63, 3.8) is 0 Å². The number of halogens is 3. The van der Waals surface area contributed by atoms with Gasteiger partial charge in [0.25, 0.3) is 0 Å². The molecule has 0 spiro atoms. The van der Waals surface area contributed by atoms with Gasteiger partial charge in [0.2, 0.25) is 5.36 Å². The molecule has 1 unspecified atom stereocenters. The zero-order chi connectivity index (χ0) is 33.7. The van der Waals surface area contributed by atoms with Crippen molar-refractivity contribution >= 4 is 30.5 Å². The van der Waals surface area contributed by atoms with E-state index < -0.39 is 25.6 Å². The number of anilines is 1. The molecule has 0 radical (unpaired) electrons. The summed E-state index contributed by atoms with van der Waals surface area (Å²) in [6.45, 7) is 6.52. The van der Waals surface area contributed by atoms with Gasteiger partial charge < -0.3 is 29.2 Å². The number of aryl methyl sites for hydroxylation is 2. The summed E-state index contributed by atoms with van der Waals surface area (Å²) in [5, 5.41) is 21.1. The second kappa shape index (κ2) is 12.9. The highest BCUT2D eigenvalue weighted by Crippen LogP contribution is 2.64. The van der Waals surface area contributed by atoms with Gasteiger partial charge in [0.15, 0.2) is 0 Å². The van der Waals surface area contributed by atoms with E-state index in [9.17, 15) is 23.1 Å². The van der Waals surface area contributed by atoms with Crippen molar-refractivity contribution in [2.45, 2.75) is 70.9 Å². The number of carbonyl (C=O) groups excluding carboxylic acids is 1. The molecule has 2 aromatic carbocycles. The number of nitrogens with zero attached hydrogens (tertiary/aromatic N) is 3. The first-order valence-corrected chi connectivity index (χ1v) is 17.8. The van der Waals surface area contributed by atoms with Crippen LogP contribution < -0.4 is 29.9 Å². The number of hydrogen-bond acceptors (Lipinski definition) is 7. The van der Waals surface area contributed by atoms with Crippen molar-refractivity contribution in [1.29, 1.82) is 0 Å². The molecule has 5 aliphatic heterocycles. The molecular formula is C33H39F3N3O7P. The van der Waals surface area contributed by atoms with Crippen molar-refractivity contribution in [3.05, 3.63) is 50.5 Å². The molecular weight excluding hydrogens is 638 g/mol. The van der Waals surface area contributed by atoms with E-state index in [-0.39, 0.29) is 19.6 Å². The average Bonchev–Trinajstić information content (AvgIpc) is 3.03. The SMILES string of the molecule is CCOP(=O)(C1=c2cc3c4c(c2Oc2c1cc1c5c2CCCN5CCC1)CCC[N+]=4CCC3)N(C)CCC(=O)O.O=C([O-])C(F)(F)F. The number of carboxylic acids is 2. The number of benzene rings is 2. The van der Waals surface area contributed by atoms with Gasteiger partial charge in [-0.15, -0.1) is 0 Å². The van der Waals surface area contributed by atoms with Crippen LogP contribution in [0.1, 0.15) is 66.8 Å². The topological polar surface area (TPSA) is 122 Å². The van der Waals surface area contributed by atoms with E-state index in [1.165, 1.54) is 33.3 Å². The summed E-state index contributed by atoms with van der Waals surface area (Å²) < 4.78 is 64.3. The third-order valence-corrected chi connectivity index (χ3v) is 12.3. The Kier molecular flexibility index (Phi) is 9.19. The highest BCUT2D eigenvalue weighted by Gasteiger charge is 2.43. The van der Waals surface area contributed by atoms with Crippen LogP contribution in [0.25, 0.3) is 5.31 Å². The van der Waals surface area contributed by atoms with E-state index in [1.54, 1.807) is 11.7 Å². The number of ether oxygens (including phenoxy) is 1. The van der Waals surface area contributed by atoms with Crippen LogP contribution >= 0.6 is 7.52 Å². The Morgan fingerprint density at radius 3 is 2.34 bits per heavy atom. The maximum atomic E-state index is 15.3. The van der Waals surface area contributed by atoms with Gasteiger partial charge in [0, 0.05) is 60.1 Å². The molecule has 1 atom stereocenters. The van der Waals surface area contributed by atoms with Gasteiger partial charge >= 0.3 is 19.7 Å². The molecule has 14 heteroatoms. The van der Waals surface area contributed by atoms with Crippen molar-refractivity contribution < 1.29 is 46.8 Å². The van der Waals surface area contributed by atoms with Crippen molar-refractivity contribution in [1.82, 2.24) is 9.25 Å². The van der Waals surface area contributed by atoms with Gasteiger partial charge in [-0.25, -0.2) is 9.25 Å². The lowest BCUT2D eigenvalue weighted by Gasteiger charge is -2.40. The van der Waals surface area contributed by atoms with E-state index in [4.69, 9.17) is 19.2 Å². The van der Waals surface area contributed by atoms with Crippen molar-refractivity contribution in [2.75, 3.05) is 51.3 Å². The van der Waals surface area contributed by atoms with Crippen LogP contribution in [0.4, 0.5) is 18.9 Å². The molecule has 0 amide bonds. The fraction of sp³-hybridized carbons (Fsp3) is 0.545. The normalized spacial score (nSPS) is 18.9. The van der Waals surface area contributed by atoms with Crippen LogP contribution in [0.2, 0.25) is 0 Å². The lowest BCUT2D eigenvalue weighted by atomic mass is 9.87. The minimum absolute atomic E-state index is 0.105. The first-order chi connectivity index (χ1) is 22.3. The second-order valence-electron chi connectivity index (χ2n) is 12.6. The molecule has 5 heterocycles. The monoisotopic (exact) mass is 677 g/mol. The average molecular weight is 678 g/mol. The van der Waals surface area contributed by atoms with E-state index in [0.29, 0.717) is 5.31 Å². The Bertz CT molecular complexity index is 1800. The van der Waals surface area contributed by atoms with E-state index in [2.05, 4.69) is 21.6 Å². The zero-order valence-corrected chi connectivity index (χ0v) is 27.5. The Balaban J connectivity index is 0.000000499. The number of fused-ring (bicyclic) bond motifs is 4. The zero-order valence-electron chi connectivity index (χ0n) is 26.6. The first kappa shape index (κ1) is 33.5. The molecule has 0 fully saturated rings. The fourth-order valence-corrected chi connectivity index (χ4v) is 10.0. The van der Waals surface area contributed by atoms with Gasteiger partial charge in [-0.2, -0.15) is 13.2 Å². The van der Waals surface area contributed by atoms with E-state index in [0.717, 1.165) is 99.8 Å². The molecule has 7 rings (SSSR count). The fourth-order valence-electron chi connectivity index (χ4n) is 7.70. The molecule has 0 saturated heterocycles. The van der Waals surface area contributed by atoms with Crippen LogP contribution in [-0.2, 0) is 44.4 Å². The minimum Gasteiger partial charge on any atom is -0.542 e. The molecule has 0 aliphatic carbocycles. The molecule has 1 N–H and O–H groups in total. The third-order valence-electron chi connectivity index (χ3n) is 9.58. The van der Waals surface area contributed by atoms with Gasteiger partial charge in [0.1, 0.15) is 30.6 Å². The quantitative estimate of drug-likeness (QED) is 0.348. The van der Waals surface area contributed by atoms with Crippen molar-refractivity contribution in [2.24, 2.45) is 0 Å². The summed E-state index contributed by atoms with van der Waals surface area (Å²) in [6, 6.07) is 4.44. The summed E-state index contributed by atoms with van der Waals surface area (Å²) in [6.07, 6.45) is 2.90. The van der Waals surface area contributed by atoms with Gasteiger partial charge in [0.05, 0.1) is 23.9 Å². The number of rotatable bonds is 7. The minimum atomic E-state index is -5.19.